The second-order valence-corrected chi connectivity index (χ2v) is 9.66. The molecule has 0 spiro atoms. The predicted molar refractivity (Wildman–Crippen MR) is 131 cm³/mol. The molecular weight excluding hydrogens is 503 g/mol. The summed E-state index contributed by atoms with van der Waals surface area (Å²) in [5.74, 6) is -2.73. The van der Waals surface area contributed by atoms with Crippen molar-refractivity contribution in [2.45, 2.75) is 17.4 Å². The Morgan fingerprint density at radius 2 is 1.62 bits per heavy atom. The minimum absolute atomic E-state index is 0.140. The molecule has 0 aliphatic rings. The standard InChI is InChI=1S/C25H21FN4O6S/c26-18-10-8-16(9-11-18)15-4-6-17(7-5-15)21(14-24(32)33)28-25(34)22-13-23(31)30(29-22)19-2-1-3-20(12-19)37(27,35)36/h1-13,21,31H,14H2,(H,28,34)(H,32,33)(H2,27,35,36). The van der Waals surface area contributed by atoms with Crippen molar-refractivity contribution in [1.82, 2.24) is 15.1 Å². The zero-order valence-corrected chi connectivity index (χ0v) is 19.9. The molecule has 5 N–H and O–H groups in total. The Morgan fingerprint density at radius 1 is 1.00 bits per heavy atom. The first-order valence-electron chi connectivity index (χ1n) is 10.8. The van der Waals surface area contributed by atoms with E-state index in [1.54, 1.807) is 36.4 Å². The molecule has 1 unspecified atom stereocenters. The van der Waals surface area contributed by atoms with E-state index < -0.39 is 40.2 Å². The lowest BCUT2D eigenvalue weighted by molar-refractivity contribution is -0.137. The number of aliphatic carboxylic acids is 1. The van der Waals surface area contributed by atoms with E-state index in [1.165, 1.54) is 36.4 Å². The molecule has 0 bridgehead atoms. The highest BCUT2D eigenvalue weighted by atomic mass is 32.2. The average Bonchev–Trinajstić information content (AvgIpc) is 3.25. The van der Waals surface area contributed by atoms with Crippen molar-refractivity contribution >= 4 is 21.9 Å². The second kappa shape index (κ2) is 10.2. The first-order valence-corrected chi connectivity index (χ1v) is 12.4. The number of aromatic hydroxyl groups is 1. The molecule has 190 valence electrons. The number of hydrogen-bond donors (Lipinski definition) is 4. The normalized spacial score (nSPS) is 12.2. The second-order valence-electron chi connectivity index (χ2n) is 8.09. The zero-order chi connectivity index (χ0) is 26.7. The van der Waals surface area contributed by atoms with Crippen LogP contribution in [0.2, 0.25) is 0 Å². The summed E-state index contributed by atoms with van der Waals surface area (Å²) in [4.78, 5) is 24.2. The molecule has 12 heteroatoms. The lowest BCUT2D eigenvalue weighted by Gasteiger charge is -2.17. The van der Waals surface area contributed by atoms with Crippen molar-refractivity contribution in [2.75, 3.05) is 0 Å². The summed E-state index contributed by atoms with van der Waals surface area (Å²) in [6.45, 7) is 0. The van der Waals surface area contributed by atoms with Gasteiger partial charge in [-0.3, -0.25) is 9.59 Å². The number of rotatable bonds is 8. The number of benzene rings is 3. The quantitative estimate of drug-likeness (QED) is 0.275. The van der Waals surface area contributed by atoms with Gasteiger partial charge in [0.1, 0.15) is 5.82 Å². The third kappa shape index (κ3) is 6.00. The third-order valence-corrected chi connectivity index (χ3v) is 6.40. The van der Waals surface area contributed by atoms with E-state index in [4.69, 9.17) is 5.14 Å². The fraction of sp³-hybridized carbons (Fsp3) is 0.0800. The Labute approximate surface area is 210 Å². The van der Waals surface area contributed by atoms with Crippen molar-refractivity contribution in [3.63, 3.8) is 0 Å². The van der Waals surface area contributed by atoms with Crippen LogP contribution in [-0.2, 0) is 14.8 Å². The number of sulfonamides is 1. The topological polar surface area (TPSA) is 165 Å². The summed E-state index contributed by atoms with van der Waals surface area (Å²) in [7, 11) is -4.01. The molecule has 0 aliphatic carbocycles. The molecule has 1 heterocycles. The van der Waals surface area contributed by atoms with E-state index in [-0.39, 0.29) is 22.1 Å². The Hall–Kier alpha value is -4.55. The Morgan fingerprint density at radius 3 is 2.22 bits per heavy atom. The minimum Gasteiger partial charge on any atom is -0.493 e. The predicted octanol–water partition coefficient (Wildman–Crippen LogP) is 2.98. The van der Waals surface area contributed by atoms with Crippen molar-refractivity contribution in [1.29, 1.82) is 0 Å². The fourth-order valence-electron chi connectivity index (χ4n) is 3.67. The molecule has 10 nitrogen and oxygen atoms in total. The molecule has 0 saturated heterocycles. The number of nitrogens with two attached hydrogens (primary N) is 1. The maximum atomic E-state index is 13.2. The maximum Gasteiger partial charge on any atom is 0.305 e. The fourth-order valence-corrected chi connectivity index (χ4v) is 4.23. The molecule has 4 aromatic rings. The van der Waals surface area contributed by atoms with Crippen LogP contribution >= 0.6 is 0 Å². The van der Waals surface area contributed by atoms with Gasteiger partial charge >= 0.3 is 5.97 Å². The molecule has 0 fully saturated rings. The number of hydrogen-bond acceptors (Lipinski definition) is 6. The van der Waals surface area contributed by atoms with Crippen LogP contribution in [0.4, 0.5) is 4.39 Å². The molecule has 0 saturated carbocycles. The Bertz CT molecular complexity index is 1570. The molecule has 0 radical (unpaired) electrons. The number of nitrogens with zero attached hydrogens (tertiary/aromatic N) is 2. The van der Waals surface area contributed by atoms with E-state index in [9.17, 15) is 32.6 Å². The number of carbonyl (C=O) groups is 2. The smallest absolute Gasteiger partial charge is 0.305 e. The van der Waals surface area contributed by atoms with E-state index in [0.717, 1.165) is 21.9 Å². The van der Waals surface area contributed by atoms with Gasteiger partial charge < -0.3 is 15.5 Å². The minimum atomic E-state index is -4.01. The van der Waals surface area contributed by atoms with Crippen LogP contribution in [0.5, 0.6) is 5.88 Å². The summed E-state index contributed by atoms with van der Waals surface area (Å²) in [5, 5.41) is 31.5. The summed E-state index contributed by atoms with van der Waals surface area (Å²) in [6.07, 6.45) is -0.426. The largest absolute Gasteiger partial charge is 0.493 e. The summed E-state index contributed by atoms with van der Waals surface area (Å²) >= 11 is 0. The van der Waals surface area contributed by atoms with Gasteiger partial charge in [-0.1, -0.05) is 42.5 Å². The highest BCUT2D eigenvalue weighted by Crippen LogP contribution is 2.25. The van der Waals surface area contributed by atoms with Gasteiger partial charge in [0.15, 0.2) is 5.69 Å². The van der Waals surface area contributed by atoms with Gasteiger partial charge in [0.25, 0.3) is 5.91 Å². The van der Waals surface area contributed by atoms with Crippen LogP contribution in [0.15, 0.2) is 83.8 Å². The summed E-state index contributed by atoms with van der Waals surface area (Å²) < 4.78 is 37.4. The molecular formula is C25H21FN4O6S. The number of carboxylic acids is 1. The zero-order valence-electron chi connectivity index (χ0n) is 19.1. The lowest BCUT2D eigenvalue weighted by Crippen LogP contribution is -2.30. The summed E-state index contributed by atoms with van der Waals surface area (Å²) in [6, 6.07) is 18.1. The summed E-state index contributed by atoms with van der Waals surface area (Å²) in [5.41, 5.74) is 1.96. The van der Waals surface area contributed by atoms with Gasteiger partial charge in [0.05, 0.1) is 23.0 Å². The van der Waals surface area contributed by atoms with Crippen molar-refractivity contribution < 1.29 is 32.6 Å². The van der Waals surface area contributed by atoms with Crippen LogP contribution < -0.4 is 10.5 Å². The number of amides is 1. The molecule has 1 aromatic heterocycles. The Balaban J connectivity index is 1.57. The highest BCUT2D eigenvalue weighted by molar-refractivity contribution is 7.89. The van der Waals surface area contributed by atoms with E-state index in [1.807, 2.05) is 0 Å². The monoisotopic (exact) mass is 524 g/mol. The SMILES string of the molecule is NS(=O)(=O)c1cccc(-n2nc(C(=O)NC(CC(=O)O)c3ccc(-c4ccc(F)cc4)cc3)cc2O)c1. The van der Waals surface area contributed by atoms with Gasteiger partial charge in [-0.05, 0) is 47.0 Å². The van der Waals surface area contributed by atoms with Crippen molar-refractivity contribution in [3.05, 3.63) is 95.9 Å². The van der Waals surface area contributed by atoms with Gasteiger partial charge in [0.2, 0.25) is 15.9 Å². The first-order chi connectivity index (χ1) is 17.5. The third-order valence-electron chi connectivity index (χ3n) is 5.49. The van der Waals surface area contributed by atoms with Crippen LogP contribution in [0.1, 0.15) is 28.5 Å². The highest BCUT2D eigenvalue weighted by Gasteiger charge is 2.22. The average molecular weight is 525 g/mol. The maximum absolute atomic E-state index is 13.2. The number of nitrogens with one attached hydrogen (secondary N) is 1. The van der Waals surface area contributed by atoms with Crippen LogP contribution in [0.3, 0.4) is 0 Å². The lowest BCUT2D eigenvalue weighted by atomic mass is 9.99. The first kappa shape index (κ1) is 25.5. The van der Waals surface area contributed by atoms with Crippen molar-refractivity contribution in [3.8, 4) is 22.7 Å². The number of carbonyl (C=O) groups excluding carboxylic acids is 1. The molecule has 1 atom stereocenters. The molecule has 37 heavy (non-hydrogen) atoms. The number of aromatic nitrogens is 2. The molecule has 1 amide bonds. The molecule has 0 aliphatic heterocycles. The van der Waals surface area contributed by atoms with E-state index in [2.05, 4.69) is 10.4 Å². The van der Waals surface area contributed by atoms with Gasteiger partial charge in [-0.25, -0.2) is 22.6 Å². The van der Waals surface area contributed by atoms with Crippen LogP contribution in [0, 0.1) is 5.82 Å². The van der Waals surface area contributed by atoms with Gasteiger partial charge in [-0.15, -0.1) is 0 Å². The van der Waals surface area contributed by atoms with E-state index in [0.29, 0.717) is 5.56 Å². The number of halogens is 1. The van der Waals surface area contributed by atoms with Gasteiger partial charge in [0, 0.05) is 6.07 Å². The van der Waals surface area contributed by atoms with Crippen LogP contribution in [0.25, 0.3) is 16.8 Å². The van der Waals surface area contributed by atoms with E-state index >= 15 is 0 Å². The number of primary sulfonamides is 1. The van der Waals surface area contributed by atoms with Gasteiger partial charge in [-0.2, -0.15) is 5.10 Å². The molecule has 4 rings (SSSR count). The van der Waals surface area contributed by atoms with Crippen LogP contribution in [-0.4, -0.2) is 40.3 Å². The molecule has 3 aromatic carbocycles. The Kier molecular flexibility index (Phi) is 7.05. The number of carboxylic acid groups (broad SMARTS) is 1. The van der Waals surface area contributed by atoms with Crippen molar-refractivity contribution in [2.24, 2.45) is 5.14 Å².